The second-order valence-electron chi connectivity index (χ2n) is 5.45. The van der Waals surface area contributed by atoms with Crippen LogP contribution < -0.4 is 5.56 Å². The normalized spacial score (nSPS) is 11.0. The minimum Gasteiger partial charge on any atom is -0.328 e. The lowest BCUT2D eigenvalue weighted by Gasteiger charge is -2.06. The molecule has 2 aromatic carbocycles. The van der Waals surface area contributed by atoms with Gasteiger partial charge >= 0.3 is 0 Å². The summed E-state index contributed by atoms with van der Waals surface area (Å²) in [6.07, 6.45) is 1.69. The Morgan fingerprint density at radius 3 is 2.57 bits per heavy atom. The molecule has 0 spiro atoms. The van der Waals surface area contributed by atoms with Crippen LogP contribution in [0.2, 0.25) is 0 Å². The zero-order valence-corrected chi connectivity index (χ0v) is 13.4. The van der Waals surface area contributed by atoms with Crippen LogP contribution in [-0.2, 0) is 0 Å². The number of nitrogens with one attached hydrogen (secondary N) is 1. The molecule has 0 saturated heterocycles. The van der Waals surface area contributed by atoms with E-state index >= 15 is 0 Å². The van der Waals surface area contributed by atoms with E-state index in [2.05, 4.69) is 29.0 Å². The molecule has 0 amide bonds. The summed E-state index contributed by atoms with van der Waals surface area (Å²) in [5, 5.41) is 0.753. The van der Waals surface area contributed by atoms with Crippen LogP contribution in [0.15, 0.2) is 65.6 Å². The molecule has 4 rings (SSSR count). The van der Waals surface area contributed by atoms with Crippen molar-refractivity contribution in [3.05, 3.63) is 76.7 Å². The molecule has 3 nitrogen and oxygen atoms in total. The number of fused-ring (bicyclic) bond motifs is 1. The van der Waals surface area contributed by atoms with Crippen molar-refractivity contribution in [1.82, 2.24) is 9.97 Å². The summed E-state index contributed by atoms with van der Waals surface area (Å²) in [6, 6.07) is 18.1. The van der Waals surface area contributed by atoms with Gasteiger partial charge in [-0.1, -0.05) is 42.0 Å². The first-order chi connectivity index (χ1) is 11.2. The van der Waals surface area contributed by atoms with Crippen molar-refractivity contribution in [2.75, 3.05) is 0 Å². The maximum atomic E-state index is 12.5. The van der Waals surface area contributed by atoms with E-state index in [0.29, 0.717) is 5.56 Å². The van der Waals surface area contributed by atoms with Crippen molar-refractivity contribution >= 4 is 21.6 Å². The average Bonchev–Trinajstić information content (AvgIpc) is 2.99. The van der Waals surface area contributed by atoms with Crippen molar-refractivity contribution in [3.63, 3.8) is 0 Å². The first kappa shape index (κ1) is 13.9. The van der Waals surface area contributed by atoms with Crippen LogP contribution in [0.5, 0.6) is 0 Å². The third kappa shape index (κ3) is 2.47. The smallest absolute Gasteiger partial charge is 0.258 e. The Morgan fingerprint density at radius 2 is 1.78 bits per heavy atom. The highest BCUT2D eigenvalue weighted by atomic mass is 32.1. The van der Waals surface area contributed by atoms with Crippen LogP contribution in [0.4, 0.5) is 0 Å². The second-order valence-corrected chi connectivity index (χ2v) is 6.48. The summed E-state index contributed by atoms with van der Waals surface area (Å²) in [5.74, 6) is 0. The molecule has 0 saturated carbocycles. The van der Waals surface area contributed by atoms with Crippen molar-refractivity contribution in [3.8, 4) is 21.7 Å². The van der Waals surface area contributed by atoms with Gasteiger partial charge in [0.1, 0.15) is 5.01 Å². The van der Waals surface area contributed by atoms with Gasteiger partial charge in [0.05, 0.1) is 15.8 Å². The number of H-pyrrole nitrogens is 1. The van der Waals surface area contributed by atoms with Crippen molar-refractivity contribution in [1.29, 1.82) is 0 Å². The largest absolute Gasteiger partial charge is 0.328 e. The fourth-order valence-electron chi connectivity index (χ4n) is 2.64. The molecule has 0 bridgehead atoms. The van der Waals surface area contributed by atoms with E-state index in [4.69, 9.17) is 0 Å². The molecule has 1 N–H and O–H groups in total. The molecule has 0 aliphatic heterocycles. The minimum atomic E-state index is -0.109. The number of para-hydroxylation sites is 1. The fraction of sp³-hybridized carbons (Fsp3) is 0.0526. The topological polar surface area (TPSA) is 45.8 Å². The number of hydrogen-bond donors (Lipinski definition) is 1. The minimum absolute atomic E-state index is 0.109. The summed E-state index contributed by atoms with van der Waals surface area (Å²) >= 11 is 1.55. The Morgan fingerprint density at radius 1 is 1.00 bits per heavy atom. The number of benzene rings is 2. The number of hydrogen-bond acceptors (Lipinski definition) is 3. The Labute approximate surface area is 137 Å². The second kappa shape index (κ2) is 5.48. The van der Waals surface area contributed by atoms with E-state index in [1.807, 2.05) is 42.5 Å². The molecule has 23 heavy (non-hydrogen) atoms. The van der Waals surface area contributed by atoms with Gasteiger partial charge in [0.15, 0.2) is 0 Å². The van der Waals surface area contributed by atoms with Gasteiger partial charge in [0, 0.05) is 6.20 Å². The van der Waals surface area contributed by atoms with Gasteiger partial charge in [-0.05, 0) is 36.2 Å². The predicted molar refractivity (Wildman–Crippen MR) is 95.8 cm³/mol. The fourth-order valence-corrected chi connectivity index (χ4v) is 3.67. The van der Waals surface area contributed by atoms with Gasteiger partial charge < -0.3 is 4.98 Å². The van der Waals surface area contributed by atoms with Crippen LogP contribution in [-0.4, -0.2) is 9.97 Å². The lowest BCUT2D eigenvalue weighted by atomic mass is 10.0. The number of aromatic amines is 1. The van der Waals surface area contributed by atoms with Crippen LogP contribution in [0.1, 0.15) is 5.56 Å². The lowest BCUT2D eigenvalue weighted by Crippen LogP contribution is -2.09. The zero-order valence-electron chi connectivity index (χ0n) is 12.5. The molecule has 112 valence electrons. The Bertz CT molecular complexity index is 1010. The standard InChI is InChI=1S/C19H14N2OS/c1-12-6-8-13(9-7-12)14-10-11-20-18(22)17(14)19-21-15-4-2-3-5-16(15)23-19/h2-11H,1H3,(H,20,22). The summed E-state index contributed by atoms with van der Waals surface area (Å²) in [6.45, 7) is 2.05. The van der Waals surface area contributed by atoms with Crippen molar-refractivity contribution in [2.24, 2.45) is 0 Å². The van der Waals surface area contributed by atoms with Gasteiger partial charge in [-0.3, -0.25) is 4.79 Å². The summed E-state index contributed by atoms with van der Waals surface area (Å²) in [5.41, 5.74) is 4.58. The number of rotatable bonds is 2. The molecular weight excluding hydrogens is 304 g/mol. The number of thiazole rings is 1. The van der Waals surface area contributed by atoms with Gasteiger partial charge in [0.25, 0.3) is 5.56 Å². The quantitative estimate of drug-likeness (QED) is 0.586. The van der Waals surface area contributed by atoms with Gasteiger partial charge in [-0.15, -0.1) is 11.3 Å². The SMILES string of the molecule is Cc1ccc(-c2cc[nH]c(=O)c2-c2nc3ccccc3s2)cc1. The number of aromatic nitrogens is 2. The van der Waals surface area contributed by atoms with E-state index in [1.165, 1.54) is 5.56 Å². The lowest BCUT2D eigenvalue weighted by molar-refractivity contribution is 1.24. The highest BCUT2D eigenvalue weighted by molar-refractivity contribution is 7.21. The molecule has 0 fully saturated rings. The van der Waals surface area contributed by atoms with E-state index < -0.39 is 0 Å². The molecule has 0 unspecified atom stereocenters. The molecule has 2 aromatic heterocycles. The first-order valence-corrected chi connectivity index (χ1v) is 8.19. The predicted octanol–water partition coefficient (Wildman–Crippen LogP) is 4.63. The maximum Gasteiger partial charge on any atom is 0.258 e. The highest BCUT2D eigenvalue weighted by Gasteiger charge is 2.15. The van der Waals surface area contributed by atoms with Gasteiger partial charge in [-0.25, -0.2) is 4.98 Å². The van der Waals surface area contributed by atoms with Crippen LogP contribution in [0.25, 0.3) is 31.9 Å². The van der Waals surface area contributed by atoms with Crippen LogP contribution >= 0.6 is 11.3 Å². The summed E-state index contributed by atoms with van der Waals surface area (Å²) in [4.78, 5) is 19.9. The van der Waals surface area contributed by atoms with Crippen molar-refractivity contribution < 1.29 is 0 Å². The Balaban J connectivity index is 1.97. The van der Waals surface area contributed by atoms with E-state index in [9.17, 15) is 4.79 Å². The van der Waals surface area contributed by atoms with Crippen LogP contribution in [0, 0.1) is 6.92 Å². The molecule has 0 aliphatic carbocycles. The molecule has 2 heterocycles. The summed E-state index contributed by atoms with van der Waals surface area (Å²) in [7, 11) is 0. The Hall–Kier alpha value is -2.72. The van der Waals surface area contributed by atoms with E-state index in [-0.39, 0.29) is 5.56 Å². The summed E-state index contributed by atoms with van der Waals surface area (Å²) < 4.78 is 1.08. The number of aryl methyl sites for hydroxylation is 1. The average molecular weight is 318 g/mol. The molecule has 0 atom stereocenters. The van der Waals surface area contributed by atoms with Crippen molar-refractivity contribution in [2.45, 2.75) is 6.92 Å². The zero-order chi connectivity index (χ0) is 15.8. The van der Waals surface area contributed by atoms with E-state index in [0.717, 1.165) is 26.4 Å². The maximum absolute atomic E-state index is 12.5. The molecule has 0 radical (unpaired) electrons. The third-order valence-corrected chi connectivity index (χ3v) is 4.89. The molecule has 4 heteroatoms. The van der Waals surface area contributed by atoms with Gasteiger partial charge in [0.2, 0.25) is 0 Å². The molecular formula is C19H14N2OS. The van der Waals surface area contributed by atoms with Crippen LogP contribution in [0.3, 0.4) is 0 Å². The molecule has 4 aromatic rings. The highest BCUT2D eigenvalue weighted by Crippen LogP contribution is 2.34. The monoisotopic (exact) mass is 318 g/mol. The number of nitrogens with zero attached hydrogens (tertiary/aromatic N) is 1. The van der Waals surface area contributed by atoms with E-state index in [1.54, 1.807) is 17.5 Å². The van der Waals surface area contributed by atoms with Gasteiger partial charge in [-0.2, -0.15) is 0 Å². The number of pyridine rings is 1. The Kier molecular flexibility index (Phi) is 3.32. The molecule has 0 aliphatic rings. The first-order valence-electron chi connectivity index (χ1n) is 7.37. The third-order valence-electron chi connectivity index (χ3n) is 3.83.